The molecule has 0 aromatic carbocycles. The van der Waals surface area contributed by atoms with Gasteiger partial charge in [0.25, 0.3) is 0 Å². The third-order valence-corrected chi connectivity index (χ3v) is 2.99. The first-order valence-electron chi connectivity index (χ1n) is 7.23. The summed E-state index contributed by atoms with van der Waals surface area (Å²) in [5.41, 5.74) is 1.05. The second-order valence-electron chi connectivity index (χ2n) is 4.60. The third kappa shape index (κ3) is 6.78. The normalized spacial score (nSPS) is 11.3. The van der Waals surface area contributed by atoms with Crippen LogP contribution in [0, 0.1) is 0 Å². The van der Waals surface area contributed by atoms with Gasteiger partial charge in [-0.3, -0.25) is 9.48 Å². The van der Waals surface area contributed by atoms with E-state index in [1.54, 1.807) is 6.20 Å². The SMILES string of the molecule is CCNC(=NCc1ccnn1C)NCCCCC(=O)OC. The fraction of sp³-hybridized carbons (Fsp3) is 0.643. The zero-order valence-corrected chi connectivity index (χ0v) is 13.1. The van der Waals surface area contributed by atoms with Crippen molar-refractivity contribution >= 4 is 11.9 Å². The Morgan fingerprint density at radius 3 is 2.86 bits per heavy atom. The fourth-order valence-electron chi connectivity index (χ4n) is 1.76. The molecule has 21 heavy (non-hydrogen) atoms. The molecule has 0 unspecified atom stereocenters. The number of carbonyl (C=O) groups excluding carboxylic acids is 1. The molecule has 0 saturated carbocycles. The lowest BCUT2D eigenvalue weighted by Crippen LogP contribution is -2.37. The van der Waals surface area contributed by atoms with Crippen LogP contribution in [0.15, 0.2) is 17.3 Å². The smallest absolute Gasteiger partial charge is 0.305 e. The molecule has 1 heterocycles. The summed E-state index contributed by atoms with van der Waals surface area (Å²) in [5, 5.41) is 10.6. The number of carbonyl (C=O) groups is 1. The maximum absolute atomic E-state index is 11.0. The number of methoxy groups -OCH3 is 1. The molecule has 1 aromatic heterocycles. The van der Waals surface area contributed by atoms with Gasteiger partial charge in [0.2, 0.25) is 0 Å². The summed E-state index contributed by atoms with van der Waals surface area (Å²) in [6.45, 7) is 4.18. The predicted molar refractivity (Wildman–Crippen MR) is 81.9 cm³/mol. The number of guanidine groups is 1. The van der Waals surface area contributed by atoms with Gasteiger partial charge in [0.05, 0.1) is 19.3 Å². The van der Waals surface area contributed by atoms with E-state index >= 15 is 0 Å². The first kappa shape index (κ1) is 17.0. The minimum absolute atomic E-state index is 0.160. The zero-order chi connectivity index (χ0) is 15.5. The number of aliphatic imine (C=N–C) groups is 1. The second kappa shape index (κ2) is 9.79. The van der Waals surface area contributed by atoms with Gasteiger partial charge in [-0.15, -0.1) is 0 Å². The van der Waals surface area contributed by atoms with Gasteiger partial charge in [-0.2, -0.15) is 5.10 Å². The number of hydrogen-bond acceptors (Lipinski definition) is 4. The molecule has 1 aromatic rings. The van der Waals surface area contributed by atoms with Crippen LogP contribution in [0.1, 0.15) is 31.9 Å². The van der Waals surface area contributed by atoms with E-state index in [1.165, 1.54) is 7.11 Å². The van der Waals surface area contributed by atoms with Crippen LogP contribution in [-0.4, -0.2) is 41.9 Å². The minimum atomic E-state index is -0.160. The highest BCUT2D eigenvalue weighted by Crippen LogP contribution is 1.98. The standard InChI is InChI=1S/C14H25N5O2/c1-4-15-14(16-9-6-5-7-13(20)21-3)17-11-12-8-10-18-19(12)2/h8,10H,4-7,9,11H2,1-3H3,(H2,15,16,17). The average Bonchev–Trinajstić information content (AvgIpc) is 2.89. The lowest BCUT2D eigenvalue weighted by atomic mass is 10.2. The molecule has 0 bridgehead atoms. The monoisotopic (exact) mass is 295 g/mol. The largest absolute Gasteiger partial charge is 0.469 e. The molecular weight excluding hydrogens is 270 g/mol. The van der Waals surface area contributed by atoms with Gasteiger partial charge in [0.15, 0.2) is 5.96 Å². The molecule has 7 heteroatoms. The summed E-state index contributed by atoms with van der Waals surface area (Å²) in [7, 11) is 3.31. The molecule has 0 spiro atoms. The van der Waals surface area contributed by atoms with Crippen LogP contribution in [0.4, 0.5) is 0 Å². The van der Waals surface area contributed by atoms with Crippen LogP contribution in [0.3, 0.4) is 0 Å². The highest BCUT2D eigenvalue weighted by Gasteiger charge is 2.02. The molecule has 0 atom stereocenters. The van der Waals surface area contributed by atoms with Crippen molar-refractivity contribution in [2.45, 2.75) is 32.7 Å². The number of esters is 1. The molecule has 0 amide bonds. The first-order chi connectivity index (χ1) is 10.2. The van der Waals surface area contributed by atoms with E-state index in [1.807, 2.05) is 24.7 Å². The average molecular weight is 295 g/mol. The predicted octanol–water partition coefficient (Wildman–Crippen LogP) is 0.819. The van der Waals surface area contributed by atoms with Crippen LogP contribution < -0.4 is 10.6 Å². The molecule has 0 aliphatic carbocycles. The van der Waals surface area contributed by atoms with Gasteiger partial charge in [-0.1, -0.05) is 0 Å². The molecule has 2 N–H and O–H groups in total. The Kier molecular flexibility index (Phi) is 7.93. The molecule has 0 aliphatic heterocycles. The Hall–Kier alpha value is -2.05. The minimum Gasteiger partial charge on any atom is -0.469 e. The van der Waals surface area contributed by atoms with Gasteiger partial charge < -0.3 is 15.4 Å². The Morgan fingerprint density at radius 1 is 1.43 bits per heavy atom. The Morgan fingerprint density at radius 2 is 2.24 bits per heavy atom. The maximum atomic E-state index is 11.0. The number of unbranched alkanes of at least 4 members (excludes halogenated alkanes) is 1. The number of rotatable bonds is 8. The summed E-state index contributed by atoms with van der Waals surface area (Å²) in [6.07, 6.45) is 3.92. The highest BCUT2D eigenvalue weighted by molar-refractivity contribution is 5.79. The van der Waals surface area contributed by atoms with E-state index in [-0.39, 0.29) is 5.97 Å². The molecule has 0 fully saturated rings. The van der Waals surface area contributed by atoms with Crippen molar-refractivity contribution < 1.29 is 9.53 Å². The molecule has 118 valence electrons. The van der Waals surface area contributed by atoms with Crippen LogP contribution in [0.2, 0.25) is 0 Å². The van der Waals surface area contributed by atoms with Crippen molar-refractivity contribution in [1.82, 2.24) is 20.4 Å². The van der Waals surface area contributed by atoms with Crippen LogP contribution in [0.5, 0.6) is 0 Å². The van der Waals surface area contributed by atoms with Crippen LogP contribution >= 0.6 is 0 Å². The third-order valence-electron chi connectivity index (χ3n) is 2.99. The maximum Gasteiger partial charge on any atom is 0.305 e. The van der Waals surface area contributed by atoms with Crippen LogP contribution in [0.25, 0.3) is 0 Å². The molecule has 1 rings (SSSR count). The zero-order valence-electron chi connectivity index (χ0n) is 13.1. The van der Waals surface area contributed by atoms with Crippen molar-refractivity contribution in [2.24, 2.45) is 12.0 Å². The van der Waals surface area contributed by atoms with E-state index in [0.717, 1.165) is 37.6 Å². The van der Waals surface area contributed by atoms with Gasteiger partial charge in [0, 0.05) is 32.8 Å². The van der Waals surface area contributed by atoms with Crippen molar-refractivity contribution in [1.29, 1.82) is 0 Å². The number of aromatic nitrogens is 2. The summed E-state index contributed by atoms with van der Waals surface area (Å²) in [4.78, 5) is 15.5. The second-order valence-corrected chi connectivity index (χ2v) is 4.60. The quantitative estimate of drug-likeness (QED) is 0.321. The van der Waals surface area contributed by atoms with E-state index in [2.05, 4.69) is 25.5 Å². The molecule has 7 nitrogen and oxygen atoms in total. The number of aryl methyl sites for hydroxylation is 1. The summed E-state index contributed by atoms with van der Waals surface area (Å²) in [6, 6.07) is 1.95. The van der Waals surface area contributed by atoms with E-state index in [9.17, 15) is 4.79 Å². The van der Waals surface area contributed by atoms with E-state index in [0.29, 0.717) is 13.0 Å². The Labute approximate surface area is 125 Å². The summed E-state index contributed by atoms with van der Waals surface area (Å²) >= 11 is 0. The molecule has 0 radical (unpaired) electrons. The van der Waals surface area contributed by atoms with Crippen molar-refractivity contribution in [3.05, 3.63) is 18.0 Å². The summed E-state index contributed by atoms with van der Waals surface area (Å²) in [5.74, 6) is 0.614. The number of nitrogens with one attached hydrogen (secondary N) is 2. The van der Waals surface area contributed by atoms with Gasteiger partial charge in [0.1, 0.15) is 0 Å². The summed E-state index contributed by atoms with van der Waals surface area (Å²) < 4.78 is 6.41. The molecular formula is C14H25N5O2. The van der Waals surface area contributed by atoms with Gasteiger partial charge >= 0.3 is 5.97 Å². The van der Waals surface area contributed by atoms with Gasteiger partial charge in [-0.25, -0.2) is 4.99 Å². The number of hydrogen-bond donors (Lipinski definition) is 2. The molecule has 0 saturated heterocycles. The van der Waals surface area contributed by atoms with Crippen molar-refractivity contribution in [2.75, 3.05) is 20.2 Å². The van der Waals surface area contributed by atoms with E-state index in [4.69, 9.17) is 0 Å². The van der Waals surface area contributed by atoms with Crippen LogP contribution in [-0.2, 0) is 23.1 Å². The lowest BCUT2D eigenvalue weighted by Gasteiger charge is -2.11. The Bertz CT molecular complexity index is 456. The first-order valence-corrected chi connectivity index (χ1v) is 7.23. The highest BCUT2D eigenvalue weighted by atomic mass is 16.5. The van der Waals surface area contributed by atoms with Crippen molar-refractivity contribution in [3.8, 4) is 0 Å². The number of nitrogens with zero attached hydrogens (tertiary/aromatic N) is 3. The lowest BCUT2D eigenvalue weighted by molar-refractivity contribution is -0.140. The Balaban J connectivity index is 2.32. The van der Waals surface area contributed by atoms with Crippen molar-refractivity contribution in [3.63, 3.8) is 0 Å². The number of ether oxygens (including phenoxy) is 1. The fourth-order valence-corrected chi connectivity index (χ4v) is 1.76. The molecule has 0 aliphatic rings. The topological polar surface area (TPSA) is 80.5 Å². The van der Waals surface area contributed by atoms with E-state index < -0.39 is 0 Å². The van der Waals surface area contributed by atoms with Gasteiger partial charge in [-0.05, 0) is 25.8 Å².